The van der Waals surface area contributed by atoms with Gasteiger partial charge in [-0.1, -0.05) is 54.6 Å². The molecule has 0 aromatic heterocycles. The summed E-state index contributed by atoms with van der Waals surface area (Å²) in [6.07, 6.45) is 0. The third kappa shape index (κ3) is 2.42. The Balaban J connectivity index is 2.17. The van der Waals surface area contributed by atoms with Crippen molar-refractivity contribution in [3.05, 3.63) is 60.2 Å². The minimum atomic E-state index is -0.970. The van der Waals surface area contributed by atoms with E-state index in [9.17, 15) is 0 Å². The van der Waals surface area contributed by atoms with Crippen molar-refractivity contribution < 1.29 is 4.43 Å². The molecule has 0 aliphatic carbocycles. The Morgan fingerprint density at radius 3 is 2.42 bits per heavy atom. The van der Waals surface area contributed by atoms with E-state index in [-0.39, 0.29) is 0 Å². The molecule has 3 rings (SSSR count). The topological polar surface area (TPSA) is 9.23 Å². The van der Waals surface area contributed by atoms with E-state index < -0.39 is 9.04 Å². The molecule has 3 aromatic rings. The second kappa shape index (κ2) is 5.15. The van der Waals surface area contributed by atoms with Crippen LogP contribution in [0.5, 0.6) is 0 Å². The molecule has 0 amide bonds. The van der Waals surface area contributed by atoms with Gasteiger partial charge in [-0.15, -0.1) is 0 Å². The smallest absolute Gasteiger partial charge is 0.171 e. The molecule has 19 heavy (non-hydrogen) atoms. The van der Waals surface area contributed by atoms with Crippen molar-refractivity contribution in [2.45, 2.75) is 19.7 Å². The van der Waals surface area contributed by atoms with Gasteiger partial charge in [0, 0.05) is 0 Å². The molecule has 0 N–H and O–H groups in total. The normalized spacial score (nSPS) is 11.5. The van der Waals surface area contributed by atoms with E-state index in [1.54, 1.807) is 0 Å². The van der Waals surface area contributed by atoms with Crippen LogP contribution in [-0.4, -0.2) is 9.04 Å². The van der Waals surface area contributed by atoms with E-state index in [2.05, 4.69) is 67.7 Å². The molecule has 0 saturated heterocycles. The van der Waals surface area contributed by atoms with Gasteiger partial charge >= 0.3 is 0 Å². The van der Waals surface area contributed by atoms with Crippen LogP contribution >= 0.6 is 0 Å². The maximum absolute atomic E-state index is 5.89. The van der Waals surface area contributed by atoms with Gasteiger partial charge in [-0.3, -0.25) is 0 Å². The first kappa shape index (κ1) is 12.4. The molecule has 0 atom stereocenters. The van der Waals surface area contributed by atoms with Crippen molar-refractivity contribution in [3.8, 4) is 0 Å². The largest absolute Gasteiger partial charge is 0.416 e. The number of benzene rings is 3. The fourth-order valence-corrected chi connectivity index (χ4v) is 3.00. The average molecular weight is 266 g/mol. The van der Waals surface area contributed by atoms with Crippen LogP contribution in [0.15, 0.2) is 54.6 Å². The number of fused-ring (bicyclic) bond motifs is 3. The van der Waals surface area contributed by atoms with E-state index in [1.807, 2.05) is 0 Å². The molecule has 1 nitrogen and oxygen atoms in total. The van der Waals surface area contributed by atoms with Crippen LogP contribution in [0, 0.1) is 0 Å². The summed E-state index contributed by atoms with van der Waals surface area (Å²) in [5.74, 6) is 0. The minimum Gasteiger partial charge on any atom is -0.416 e. The van der Waals surface area contributed by atoms with E-state index >= 15 is 0 Å². The summed E-state index contributed by atoms with van der Waals surface area (Å²) >= 11 is 0. The van der Waals surface area contributed by atoms with E-state index in [0.717, 1.165) is 6.61 Å². The van der Waals surface area contributed by atoms with Gasteiger partial charge in [-0.25, -0.2) is 0 Å². The van der Waals surface area contributed by atoms with Gasteiger partial charge < -0.3 is 4.43 Å². The summed E-state index contributed by atoms with van der Waals surface area (Å²) in [6.45, 7) is 5.15. The molecule has 0 radical (unpaired) electrons. The van der Waals surface area contributed by atoms with Crippen LogP contribution in [0.3, 0.4) is 0 Å². The highest BCUT2D eigenvalue weighted by molar-refractivity contribution is 6.48. The Bertz CT molecular complexity index is 719. The number of rotatable bonds is 3. The second-order valence-electron chi connectivity index (χ2n) is 5.16. The summed E-state index contributed by atoms with van der Waals surface area (Å²) in [5, 5.41) is 5.26. The molecule has 0 unspecified atom stereocenters. The molecule has 96 valence electrons. The lowest BCUT2D eigenvalue weighted by atomic mass is 9.99. The van der Waals surface area contributed by atoms with E-state index in [0.29, 0.717) is 0 Å². The van der Waals surface area contributed by atoms with Crippen LogP contribution in [0.2, 0.25) is 13.1 Å². The Hall–Kier alpha value is -1.64. The molecule has 0 fully saturated rings. The van der Waals surface area contributed by atoms with E-state index in [1.165, 1.54) is 27.1 Å². The first-order valence-corrected chi connectivity index (χ1v) is 9.55. The Morgan fingerprint density at radius 2 is 1.58 bits per heavy atom. The third-order valence-corrected chi connectivity index (χ3v) is 4.28. The van der Waals surface area contributed by atoms with Crippen molar-refractivity contribution in [1.29, 1.82) is 0 Å². The van der Waals surface area contributed by atoms with Gasteiger partial charge in [-0.05, 0) is 40.2 Å². The lowest BCUT2D eigenvalue weighted by Gasteiger charge is -2.11. The van der Waals surface area contributed by atoms with Crippen LogP contribution in [0.4, 0.5) is 0 Å². The maximum Gasteiger partial charge on any atom is 0.171 e. The van der Waals surface area contributed by atoms with Crippen molar-refractivity contribution in [2.75, 3.05) is 0 Å². The maximum atomic E-state index is 5.89. The van der Waals surface area contributed by atoms with Crippen LogP contribution in [-0.2, 0) is 11.0 Å². The molecule has 2 heteroatoms. The van der Waals surface area contributed by atoms with Gasteiger partial charge in [-0.2, -0.15) is 0 Å². The SMILES string of the molecule is C[SiH](C)OCc1cccc2c1ccc1ccccc12. The molecular formula is C17H18OSi. The summed E-state index contributed by atoms with van der Waals surface area (Å²) < 4.78 is 5.89. The fraction of sp³-hybridized carbons (Fsp3) is 0.176. The predicted octanol–water partition coefficient (Wildman–Crippen LogP) is 4.49. The molecule has 0 saturated carbocycles. The van der Waals surface area contributed by atoms with Gasteiger partial charge in [0.25, 0.3) is 0 Å². The molecule has 3 aromatic carbocycles. The van der Waals surface area contributed by atoms with Crippen molar-refractivity contribution in [2.24, 2.45) is 0 Å². The minimum absolute atomic E-state index is 0.736. The lowest BCUT2D eigenvalue weighted by molar-refractivity contribution is 0.316. The van der Waals surface area contributed by atoms with Gasteiger partial charge in [0.15, 0.2) is 9.04 Å². The Kier molecular flexibility index (Phi) is 3.36. The fourth-order valence-electron chi connectivity index (χ4n) is 2.49. The summed E-state index contributed by atoms with van der Waals surface area (Å²) in [4.78, 5) is 0. The zero-order chi connectivity index (χ0) is 13.2. The molecule has 0 heterocycles. The molecule has 0 bridgehead atoms. The zero-order valence-corrected chi connectivity index (χ0v) is 12.5. The average Bonchev–Trinajstić information content (AvgIpc) is 2.44. The van der Waals surface area contributed by atoms with Crippen molar-refractivity contribution >= 4 is 30.6 Å². The predicted molar refractivity (Wildman–Crippen MR) is 85.1 cm³/mol. The number of hydrogen-bond donors (Lipinski definition) is 0. The summed E-state index contributed by atoms with van der Waals surface area (Å²) in [6, 6.07) is 19.5. The standard InChI is InChI=1S/C17H18OSi/c1-19(2)18-12-14-7-5-9-17-15-8-4-3-6-13(15)10-11-16(14)17/h3-11,19H,12H2,1-2H3. The van der Waals surface area contributed by atoms with Crippen molar-refractivity contribution in [1.82, 2.24) is 0 Å². The van der Waals surface area contributed by atoms with Gasteiger partial charge in [0.1, 0.15) is 0 Å². The van der Waals surface area contributed by atoms with Crippen molar-refractivity contribution in [3.63, 3.8) is 0 Å². The first-order valence-electron chi connectivity index (χ1n) is 6.76. The van der Waals surface area contributed by atoms with Gasteiger partial charge in [0.2, 0.25) is 0 Å². The van der Waals surface area contributed by atoms with Crippen LogP contribution in [0.25, 0.3) is 21.5 Å². The third-order valence-electron chi connectivity index (χ3n) is 3.45. The van der Waals surface area contributed by atoms with Crippen LogP contribution in [0.1, 0.15) is 5.56 Å². The van der Waals surface area contributed by atoms with Crippen LogP contribution < -0.4 is 0 Å². The highest BCUT2D eigenvalue weighted by Crippen LogP contribution is 2.27. The number of hydrogen-bond acceptors (Lipinski definition) is 1. The molecule has 0 spiro atoms. The lowest BCUT2D eigenvalue weighted by Crippen LogP contribution is -2.07. The first-order chi connectivity index (χ1) is 9.25. The summed E-state index contributed by atoms with van der Waals surface area (Å²) in [7, 11) is -0.970. The zero-order valence-electron chi connectivity index (χ0n) is 11.4. The summed E-state index contributed by atoms with van der Waals surface area (Å²) in [5.41, 5.74) is 1.30. The quantitative estimate of drug-likeness (QED) is 0.501. The Labute approximate surface area is 115 Å². The van der Waals surface area contributed by atoms with Gasteiger partial charge in [0.05, 0.1) is 6.61 Å². The second-order valence-corrected chi connectivity index (χ2v) is 7.59. The highest BCUT2D eigenvalue weighted by Gasteiger charge is 2.05. The molecular weight excluding hydrogens is 248 g/mol. The monoisotopic (exact) mass is 266 g/mol. The highest BCUT2D eigenvalue weighted by atomic mass is 28.3. The molecule has 0 aliphatic rings. The Morgan fingerprint density at radius 1 is 0.789 bits per heavy atom. The molecule has 0 aliphatic heterocycles. The van der Waals surface area contributed by atoms with E-state index in [4.69, 9.17) is 4.43 Å².